The van der Waals surface area contributed by atoms with Gasteiger partial charge in [0.15, 0.2) is 0 Å². The second-order valence-corrected chi connectivity index (χ2v) is 4.39. The van der Waals surface area contributed by atoms with Gasteiger partial charge in [-0.3, -0.25) is 9.48 Å². The zero-order chi connectivity index (χ0) is 14.5. The number of hydrogen-bond donors (Lipinski definition) is 2. The summed E-state index contributed by atoms with van der Waals surface area (Å²) in [5, 5.41) is 6.82. The number of nitrogens with two attached hydrogens (primary N) is 1. The van der Waals surface area contributed by atoms with Crippen molar-refractivity contribution in [2.45, 2.75) is 6.92 Å². The molecule has 2 rings (SSSR count). The standard InChI is InChI=1S/C15H16N4O/c1-11-8-12(4-3-6-16)10-13(9-11)18-15(20)14-5-7-17-19(14)2/h5,7-10H,6,16H2,1-2H3,(H,18,20). The van der Waals surface area contributed by atoms with E-state index in [4.69, 9.17) is 5.73 Å². The van der Waals surface area contributed by atoms with Crippen LogP contribution in [0.4, 0.5) is 5.69 Å². The quantitative estimate of drug-likeness (QED) is 0.806. The average molecular weight is 268 g/mol. The number of hydrogen-bond acceptors (Lipinski definition) is 3. The van der Waals surface area contributed by atoms with Crippen molar-refractivity contribution < 1.29 is 4.79 Å². The molecule has 0 spiro atoms. The van der Waals surface area contributed by atoms with Gasteiger partial charge in [-0.25, -0.2) is 0 Å². The molecule has 1 aromatic heterocycles. The van der Waals surface area contributed by atoms with Gasteiger partial charge in [-0.2, -0.15) is 5.10 Å². The first-order chi connectivity index (χ1) is 9.60. The number of aryl methyl sites for hydroxylation is 2. The molecular formula is C15H16N4O. The van der Waals surface area contributed by atoms with Gasteiger partial charge in [0.25, 0.3) is 5.91 Å². The van der Waals surface area contributed by atoms with E-state index in [1.54, 1.807) is 19.3 Å². The van der Waals surface area contributed by atoms with Crippen molar-refractivity contribution in [3.63, 3.8) is 0 Å². The van der Waals surface area contributed by atoms with Crippen molar-refractivity contribution in [1.82, 2.24) is 9.78 Å². The van der Waals surface area contributed by atoms with E-state index in [0.717, 1.165) is 11.1 Å². The monoisotopic (exact) mass is 268 g/mol. The van der Waals surface area contributed by atoms with E-state index < -0.39 is 0 Å². The van der Waals surface area contributed by atoms with Gasteiger partial charge in [-0.15, -0.1) is 0 Å². The molecule has 5 nitrogen and oxygen atoms in total. The Morgan fingerprint density at radius 2 is 2.25 bits per heavy atom. The van der Waals surface area contributed by atoms with Gasteiger partial charge >= 0.3 is 0 Å². The van der Waals surface area contributed by atoms with Gasteiger partial charge < -0.3 is 11.1 Å². The molecule has 2 aromatic rings. The summed E-state index contributed by atoms with van der Waals surface area (Å²) in [6, 6.07) is 7.33. The molecule has 1 amide bonds. The minimum absolute atomic E-state index is 0.201. The molecule has 0 aliphatic rings. The molecule has 0 saturated carbocycles. The highest BCUT2D eigenvalue weighted by Crippen LogP contribution is 2.15. The maximum atomic E-state index is 12.1. The van der Waals surface area contributed by atoms with Crippen LogP contribution >= 0.6 is 0 Å². The lowest BCUT2D eigenvalue weighted by Crippen LogP contribution is -2.16. The molecule has 0 radical (unpaired) electrons. The fraction of sp³-hybridized carbons (Fsp3) is 0.200. The summed E-state index contributed by atoms with van der Waals surface area (Å²) in [4.78, 5) is 12.1. The van der Waals surface area contributed by atoms with Gasteiger partial charge in [0, 0.05) is 24.5 Å². The van der Waals surface area contributed by atoms with Crippen LogP contribution in [0, 0.1) is 18.8 Å². The molecule has 0 atom stereocenters. The Balaban J connectivity index is 2.23. The third-order valence-corrected chi connectivity index (χ3v) is 2.72. The lowest BCUT2D eigenvalue weighted by molar-refractivity contribution is 0.101. The van der Waals surface area contributed by atoms with E-state index in [-0.39, 0.29) is 5.91 Å². The fourth-order valence-electron chi connectivity index (χ4n) is 1.87. The van der Waals surface area contributed by atoms with Gasteiger partial charge in [-0.05, 0) is 36.8 Å². The minimum Gasteiger partial charge on any atom is -0.321 e. The number of nitrogens with one attached hydrogen (secondary N) is 1. The highest BCUT2D eigenvalue weighted by Gasteiger charge is 2.10. The first-order valence-electron chi connectivity index (χ1n) is 6.20. The highest BCUT2D eigenvalue weighted by atomic mass is 16.2. The molecule has 20 heavy (non-hydrogen) atoms. The number of benzene rings is 1. The van der Waals surface area contributed by atoms with Crippen molar-refractivity contribution in [2.75, 3.05) is 11.9 Å². The summed E-state index contributed by atoms with van der Waals surface area (Å²) in [6.07, 6.45) is 1.59. The predicted octanol–water partition coefficient (Wildman–Crippen LogP) is 1.29. The molecular weight excluding hydrogens is 252 g/mol. The summed E-state index contributed by atoms with van der Waals surface area (Å²) >= 11 is 0. The smallest absolute Gasteiger partial charge is 0.273 e. The van der Waals surface area contributed by atoms with Crippen LogP contribution in [-0.4, -0.2) is 22.2 Å². The van der Waals surface area contributed by atoms with Crippen molar-refractivity contribution >= 4 is 11.6 Å². The summed E-state index contributed by atoms with van der Waals surface area (Å²) in [6.45, 7) is 2.26. The molecule has 0 fully saturated rings. The van der Waals surface area contributed by atoms with E-state index in [9.17, 15) is 4.79 Å². The van der Waals surface area contributed by atoms with Crippen LogP contribution in [0.25, 0.3) is 0 Å². The Bertz CT molecular complexity index is 691. The fourth-order valence-corrected chi connectivity index (χ4v) is 1.87. The molecule has 1 aromatic carbocycles. The molecule has 0 bridgehead atoms. The second-order valence-electron chi connectivity index (χ2n) is 4.39. The van der Waals surface area contributed by atoms with E-state index in [1.807, 2.05) is 25.1 Å². The number of rotatable bonds is 2. The average Bonchev–Trinajstić information content (AvgIpc) is 2.82. The van der Waals surface area contributed by atoms with E-state index >= 15 is 0 Å². The van der Waals surface area contributed by atoms with Crippen LogP contribution < -0.4 is 11.1 Å². The third kappa shape index (κ3) is 3.25. The largest absolute Gasteiger partial charge is 0.321 e. The van der Waals surface area contributed by atoms with Crippen molar-refractivity contribution in [3.05, 3.63) is 47.3 Å². The minimum atomic E-state index is -0.201. The van der Waals surface area contributed by atoms with E-state index in [2.05, 4.69) is 22.3 Å². The second kappa shape index (κ2) is 6.04. The number of carbonyl (C=O) groups is 1. The number of nitrogens with zero attached hydrogens (tertiary/aromatic N) is 2. The summed E-state index contributed by atoms with van der Waals surface area (Å²) in [5.74, 6) is 5.56. The SMILES string of the molecule is Cc1cc(C#CCN)cc(NC(=O)c2ccnn2C)c1. The summed E-state index contributed by atoms with van der Waals surface area (Å²) in [5.41, 5.74) is 8.42. The highest BCUT2D eigenvalue weighted by molar-refractivity contribution is 6.03. The van der Waals surface area contributed by atoms with E-state index in [0.29, 0.717) is 17.9 Å². The van der Waals surface area contributed by atoms with Crippen LogP contribution in [0.1, 0.15) is 21.6 Å². The Morgan fingerprint density at radius 1 is 1.45 bits per heavy atom. The van der Waals surface area contributed by atoms with Crippen LogP contribution in [0.2, 0.25) is 0 Å². The Hall–Kier alpha value is -2.58. The van der Waals surface area contributed by atoms with Crippen LogP contribution in [0.3, 0.4) is 0 Å². The van der Waals surface area contributed by atoms with Crippen molar-refractivity contribution in [1.29, 1.82) is 0 Å². The summed E-state index contributed by atoms with van der Waals surface area (Å²) in [7, 11) is 1.73. The van der Waals surface area contributed by atoms with Crippen molar-refractivity contribution in [3.8, 4) is 11.8 Å². The van der Waals surface area contributed by atoms with Crippen LogP contribution in [0.5, 0.6) is 0 Å². The molecule has 0 aliphatic carbocycles. The number of amides is 1. The molecule has 0 unspecified atom stereocenters. The lowest BCUT2D eigenvalue weighted by Gasteiger charge is -2.07. The Kier molecular flexibility index (Phi) is 4.18. The van der Waals surface area contributed by atoms with Crippen molar-refractivity contribution in [2.24, 2.45) is 12.8 Å². The third-order valence-electron chi connectivity index (χ3n) is 2.72. The normalized spacial score (nSPS) is 9.75. The predicted molar refractivity (Wildman–Crippen MR) is 78.3 cm³/mol. The van der Waals surface area contributed by atoms with Gasteiger partial charge in [-0.1, -0.05) is 11.8 Å². The molecule has 3 N–H and O–H groups in total. The zero-order valence-electron chi connectivity index (χ0n) is 11.5. The first kappa shape index (κ1) is 13.8. The number of aromatic nitrogens is 2. The van der Waals surface area contributed by atoms with Crippen LogP contribution in [0.15, 0.2) is 30.5 Å². The van der Waals surface area contributed by atoms with Gasteiger partial charge in [0.2, 0.25) is 0 Å². The molecule has 5 heteroatoms. The molecule has 1 heterocycles. The Morgan fingerprint density at radius 3 is 2.90 bits per heavy atom. The first-order valence-corrected chi connectivity index (χ1v) is 6.20. The van der Waals surface area contributed by atoms with E-state index in [1.165, 1.54) is 4.68 Å². The topological polar surface area (TPSA) is 72.9 Å². The molecule has 0 saturated heterocycles. The van der Waals surface area contributed by atoms with Crippen LogP contribution in [-0.2, 0) is 7.05 Å². The number of anilines is 1. The number of carbonyl (C=O) groups excluding carboxylic acids is 1. The lowest BCUT2D eigenvalue weighted by atomic mass is 10.1. The zero-order valence-corrected chi connectivity index (χ0v) is 11.5. The Labute approximate surface area is 117 Å². The molecule has 0 aliphatic heterocycles. The maximum Gasteiger partial charge on any atom is 0.273 e. The van der Waals surface area contributed by atoms with Gasteiger partial charge in [0.1, 0.15) is 5.69 Å². The molecule has 102 valence electrons. The maximum absolute atomic E-state index is 12.1. The van der Waals surface area contributed by atoms with Gasteiger partial charge in [0.05, 0.1) is 6.54 Å². The summed E-state index contributed by atoms with van der Waals surface area (Å²) < 4.78 is 1.53.